The highest BCUT2D eigenvalue weighted by molar-refractivity contribution is 7.91. The minimum Gasteiger partial charge on any atom is -0.354 e. The van der Waals surface area contributed by atoms with Gasteiger partial charge in [0, 0.05) is 30.4 Å². The molecule has 3 heterocycles. The van der Waals surface area contributed by atoms with Crippen molar-refractivity contribution in [3.05, 3.63) is 59.9 Å². The van der Waals surface area contributed by atoms with Crippen LogP contribution in [-0.4, -0.2) is 53.9 Å². The number of carbonyl (C=O) groups is 1. The van der Waals surface area contributed by atoms with Gasteiger partial charge in [-0.1, -0.05) is 25.5 Å². The van der Waals surface area contributed by atoms with Gasteiger partial charge in [0.25, 0.3) is 0 Å². The smallest absolute Gasteiger partial charge is 0.354 e. The zero-order chi connectivity index (χ0) is 26.8. The Morgan fingerprint density at radius 1 is 1.14 bits per heavy atom. The fourth-order valence-corrected chi connectivity index (χ4v) is 6.26. The number of hydrogen-bond acceptors (Lipinski definition) is 6. The summed E-state index contributed by atoms with van der Waals surface area (Å²) in [5.41, 5.74) is 3.75. The van der Waals surface area contributed by atoms with Crippen LogP contribution in [0.25, 0.3) is 11.0 Å². The summed E-state index contributed by atoms with van der Waals surface area (Å²) in [7, 11) is -2.11. The molecule has 4 rings (SSSR count). The summed E-state index contributed by atoms with van der Waals surface area (Å²) in [6.07, 6.45) is 0.386. The maximum Gasteiger partial charge on any atom is 0.413 e. The van der Waals surface area contributed by atoms with Gasteiger partial charge in [-0.05, 0) is 49.1 Å². The van der Waals surface area contributed by atoms with Crippen molar-refractivity contribution in [1.82, 2.24) is 14.9 Å². The first-order valence-corrected chi connectivity index (χ1v) is 14.0. The zero-order valence-electron chi connectivity index (χ0n) is 20.6. The number of alkyl halides is 3. The lowest BCUT2D eigenvalue weighted by molar-refractivity contribution is -0.190. The third kappa shape index (κ3) is 6.03. The van der Waals surface area contributed by atoms with Crippen molar-refractivity contribution in [3.63, 3.8) is 0 Å². The van der Waals surface area contributed by atoms with Crippen LogP contribution in [-0.2, 0) is 21.1 Å². The molecule has 0 spiro atoms. The second kappa shape index (κ2) is 10.6. The van der Waals surface area contributed by atoms with Crippen LogP contribution in [0.1, 0.15) is 43.4 Å². The number of benzene rings is 1. The Morgan fingerprint density at radius 2 is 1.81 bits per heavy atom. The van der Waals surface area contributed by atoms with E-state index in [0.717, 1.165) is 42.2 Å². The molecule has 37 heavy (non-hydrogen) atoms. The van der Waals surface area contributed by atoms with Gasteiger partial charge in [-0.2, -0.15) is 13.2 Å². The van der Waals surface area contributed by atoms with E-state index in [1.807, 2.05) is 12.1 Å². The van der Waals surface area contributed by atoms with Crippen molar-refractivity contribution >= 4 is 38.2 Å². The minimum atomic E-state index is -4.71. The molecule has 11 heteroatoms. The molecule has 1 aliphatic rings. The van der Waals surface area contributed by atoms with Crippen molar-refractivity contribution < 1.29 is 26.4 Å². The fraction of sp³-hybridized carbons (Fsp3) is 0.423. The molecule has 3 aromatic rings. The number of amides is 1. The Labute approximate surface area is 214 Å². The van der Waals surface area contributed by atoms with Gasteiger partial charge >= 0.3 is 6.18 Å². The molecule has 1 aliphatic heterocycles. The second-order valence-corrected chi connectivity index (χ2v) is 11.6. The Balaban J connectivity index is 1.57. The highest BCUT2D eigenvalue weighted by atomic mass is 32.2. The predicted octanol–water partition coefficient (Wildman–Crippen LogP) is 5.21. The van der Waals surface area contributed by atoms with Crippen molar-refractivity contribution in [1.29, 1.82) is 0 Å². The van der Waals surface area contributed by atoms with E-state index in [2.05, 4.69) is 22.2 Å². The van der Waals surface area contributed by atoms with Crippen molar-refractivity contribution in [3.8, 4) is 0 Å². The summed E-state index contributed by atoms with van der Waals surface area (Å²) in [4.78, 5) is 22.5. The van der Waals surface area contributed by atoms with Gasteiger partial charge < -0.3 is 10.2 Å². The number of pyridine rings is 2. The van der Waals surface area contributed by atoms with Gasteiger partial charge in [-0.3, -0.25) is 14.8 Å². The van der Waals surface area contributed by atoms with Crippen LogP contribution in [0, 0.1) is 5.92 Å². The third-order valence-electron chi connectivity index (χ3n) is 6.68. The van der Waals surface area contributed by atoms with Gasteiger partial charge in [0.05, 0.1) is 34.4 Å². The molecule has 0 bridgehead atoms. The molecule has 7 nitrogen and oxygen atoms in total. The van der Waals surface area contributed by atoms with Crippen LogP contribution in [0.5, 0.6) is 0 Å². The molecule has 1 atom stereocenters. The summed E-state index contributed by atoms with van der Waals surface area (Å²) < 4.78 is 65.7. The van der Waals surface area contributed by atoms with Crippen LogP contribution < -0.4 is 5.32 Å². The second-order valence-electron chi connectivity index (χ2n) is 9.34. The summed E-state index contributed by atoms with van der Waals surface area (Å²) in [6.45, 7) is 2.05. The predicted molar refractivity (Wildman–Crippen MR) is 136 cm³/mol. The molecule has 198 valence electrons. The van der Waals surface area contributed by atoms with E-state index in [1.54, 1.807) is 12.4 Å². The normalized spacial score (nSPS) is 16.9. The highest BCUT2D eigenvalue weighted by Gasteiger charge is 2.46. The largest absolute Gasteiger partial charge is 0.413 e. The zero-order valence-corrected chi connectivity index (χ0v) is 21.4. The summed E-state index contributed by atoms with van der Waals surface area (Å²) in [6, 6.07) is 7.32. The molecule has 0 aliphatic carbocycles. The van der Waals surface area contributed by atoms with E-state index >= 15 is 0 Å². The summed E-state index contributed by atoms with van der Waals surface area (Å²) >= 11 is 0. The first-order chi connectivity index (χ1) is 17.5. The Bertz CT molecular complexity index is 1360. The van der Waals surface area contributed by atoms with Gasteiger partial charge in [0.1, 0.15) is 9.84 Å². The first kappa shape index (κ1) is 26.8. The van der Waals surface area contributed by atoms with Crippen molar-refractivity contribution in [2.45, 2.75) is 44.8 Å². The molecule has 0 saturated carbocycles. The number of halogens is 3. The van der Waals surface area contributed by atoms with Crippen LogP contribution in [0.15, 0.2) is 48.8 Å². The number of aromatic nitrogens is 2. The molecule has 1 saturated heterocycles. The Hall–Kier alpha value is -3.21. The number of hydrogen-bond donors (Lipinski definition) is 1. The standard InChI is InChI=1S/C26H29F3N4O3S/c1-3-5-20-22(16-31-21-6-4-13-30-23(20)21)32-19-9-7-17(8-10-19)24(26(27,28)29)33(2)25(34)18-11-14-37(35,36)15-12-18/h4,6-10,13,16,18,24,32H,3,5,11-12,14-15H2,1-2H3/t24-/m0/s1. The van der Waals surface area contributed by atoms with Gasteiger partial charge in [-0.25, -0.2) is 8.42 Å². The number of anilines is 2. The number of aryl methyl sites for hydroxylation is 1. The summed E-state index contributed by atoms with van der Waals surface area (Å²) in [5, 5.41) is 3.24. The lowest BCUT2D eigenvalue weighted by Crippen LogP contribution is -2.44. The molecule has 0 radical (unpaired) electrons. The van der Waals surface area contributed by atoms with Crippen LogP contribution in [0.3, 0.4) is 0 Å². The number of nitrogens with zero attached hydrogens (tertiary/aromatic N) is 3. The maximum atomic E-state index is 14.1. The lowest BCUT2D eigenvalue weighted by Gasteiger charge is -2.34. The number of sulfone groups is 1. The van der Waals surface area contributed by atoms with Crippen LogP contribution in [0.2, 0.25) is 0 Å². The molecular weight excluding hydrogens is 505 g/mol. The average Bonchev–Trinajstić information content (AvgIpc) is 2.85. The van der Waals surface area contributed by atoms with E-state index in [0.29, 0.717) is 10.6 Å². The molecule has 2 aromatic heterocycles. The number of nitrogens with one attached hydrogen (secondary N) is 1. The summed E-state index contributed by atoms with van der Waals surface area (Å²) in [5.74, 6) is -1.82. The van der Waals surface area contributed by atoms with Gasteiger partial charge in [0.2, 0.25) is 5.91 Å². The molecule has 1 fully saturated rings. The maximum absolute atomic E-state index is 14.1. The van der Waals surface area contributed by atoms with E-state index < -0.39 is 33.9 Å². The average molecular weight is 535 g/mol. The van der Waals surface area contributed by atoms with Crippen LogP contribution >= 0.6 is 0 Å². The van der Waals surface area contributed by atoms with Gasteiger partial charge in [-0.15, -0.1) is 0 Å². The number of rotatable bonds is 7. The quantitative estimate of drug-likeness (QED) is 0.447. The molecule has 1 aromatic carbocycles. The monoisotopic (exact) mass is 534 g/mol. The highest BCUT2D eigenvalue weighted by Crippen LogP contribution is 2.39. The molecule has 0 unspecified atom stereocenters. The molecule has 1 N–H and O–H groups in total. The van der Waals surface area contributed by atoms with Crippen LogP contribution in [0.4, 0.5) is 24.5 Å². The third-order valence-corrected chi connectivity index (χ3v) is 8.40. The van der Waals surface area contributed by atoms with E-state index in [-0.39, 0.29) is 29.9 Å². The molecular formula is C26H29F3N4O3S. The molecule has 1 amide bonds. The fourth-order valence-electron chi connectivity index (χ4n) is 4.77. The minimum absolute atomic E-state index is 0.0354. The van der Waals surface area contributed by atoms with Crippen molar-refractivity contribution in [2.75, 3.05) is 23.9 Å². The Kier molecular flexibility index (Phi) is 7.72. The van der Waals surface area contributed by atoms with E-state index in [1.165, 1.54) is 24.3 Å². The number of fused-ring (bicyclic) bond motifs is 1. The van der Waals surface area contributed by atoms with Crippen molar-refractivity contribution in [2.24, 2.45) is 5.92 Å². The SMILES string of the molecule is CCCc1c(Nc2ccc([C@H](N(C)C(=O)C3CCS(=O)(=O)CC3)C(F)(F)F)cc2)cnc2cccnc12. The first-order valence-electron chi connectivity index (χ1n) is 12.1. The Morgan fingerprint density at radius 3 is 2.43 bits per heavy atom. The number of carbonyl (C=O) groups excluding carboxylic acids is 1. The van der Waals surface area contributed by atoms with E-state index in [4.69, 9.17) is 0 Å². The topological polar surface area (TPSA) is 92.3 Å². The van der Waals surface area contributed by atoms with E-state index in [9.17, 15) is 26.4 Å². The van der Waals surface area contributed by atoms with Gasteiger partial charge in [0.15, 0.2) is 6.04 Å². The lowest BCUT2D eigenvalue weighted by atomic mass is 9.98.